The Bertz CT molecular complexity index is 413. The lowest BCUT2D eigenvalue weighted by Crippen LogP contribution is -2.33. The van der Waals surface area contributed by atoms with Gasteiger partial charge < -0.3 is 10.0 Å². The van der Waals surface area contributed by atoms with Crippen LogP contribution < -0.4 is 0 Å². The van der Waals surface area contributed by atoms with Gasteiger partial charge in [-0.1, -0.05) is 26.7 Å². The van der Waals surface area contributed by atoms with Crippen molar-refractivity contribution in [3.05, 3.63) is 29.6 Å². The number of hydrogen-bond acceptors (Lipinski definition) is 2. The molecule has 0 unspecified atom stereocenters. The van der Waals surface area contributed by atoms with Crippen LogP contribution in [0.1, 0.15) is 49.9 Å². The Labute approximate surface area is 114 Å². The molecule has 0 aromatic heterocycles. The molecule has 0 heterocycles. The number of rotatable bonds is 7. The van der Waals surface area contributed by atoms with Crippen LogP contribution in [0.4, 0.5) is 4.39 Å². The molecule has 0 aliphatic carbocycles. The van der Waals surface area contributed by atoms with Gasteiger partial charge in [0.1, 0.15) is 11.6 Å². The SMILES string of the molecule is CCCCN(CCCC)C(=O)c1ccc(O)cc1F. The summed E-state index contributed by atoms with van der Waals surface area (Å²) < 4.78 is 13.7. The first kappa shape index (κ1) is 15.5. The van der Waals surface area contributed by atoms with Gasteiger partial charge >= 0.3 is 0 Å². The van der Waals surface area contributed by atoms with Crippen molar-refractivity contribution >= 4 is 5.91 Å². The summed E-state index contributed by atoms with van der Waals surface area (Å²) in [6.45, 7) is 5.42. The quantitative estimate of drug-likeness (QED) is 0.820. The minimum absolute atomic E-state index is 0.0324. The molecule has 1 aromatic carbocycles. The van der Waals surface area contributed by atoms with Crippen molar-refractivity contribution in [2.75, 3.05) is 13.1 Å². The van der Waals surface area contributed by atoms with Gasteiger partial charge in [-0.2, -0.15) is 0 Å². The van der Waals surface area contributed by atoms with Gasteiger partial charge in [-0.25, -0.2) is 4.39 Å². The summed E-state index contributed by atoms with van der Waals surface area (Å²) in [5, 5.41) is 9.18. The highest BCUT2D eigenvalue weighted by atomic mass is 19.1. The molecule has 0 radical (unpaired) electrons. The summed E-state index contributed by atoms with van der Waals surface area (Å²) in [6.07, 6.45) is 3.81. The Morgan fingerprint density at radius 2 is 1.79 bits per heavy atom. The third kappa shape index (κ3) is 4.54. The fourth-order valence-electron chi connectivity index (χ4n) is 1.86. The first-order chi connectivity index (χ1) is 9.10. The van der Waals surface area contributed by atoms with E-state index in [1.165, 1.54) is 12.1 Å². The Hall–Kier alpha value is -1.58. The number of benzene rings is 1. The fourth-order valence-corrected chi connectivity index (χ4v) is 1.86. The van der Waals surface area contributed by atoms with Gasteiger partial charge in [-0.15, -0.1) is 0 Å². The van der Waals surface area contributed by atoms with Crippen molar-refractivity contribution in [1.29, 1.82) is 0 Å². The molecule has 0 saturated carbocycles. The maximum absolute atomic E-state index is 13.7. The smallest absolute Gasteiger partial charge is 0.256 e. The number of phenols is 1. The van der Waals surface area contributed by atoms with Gasteiger partial charge in [-0.05, 0) is 25.0 Å². The van der Waals surface area contributed by atoms with Crippen LogP contribution in [0.25, 0.3) is 0 Å². The largest absolute Gasteiger partial charge is 0.508 e. The first-order valence-electron chi connectivity index (χ1n) is 6.88. The molecule has 0 aliphatic heterocycles. The van der Waals surface area contributed by atoms with Gasteiger partial charge in [0.15, 0.2) is 0 Å². The van der Waals surface area contributed by atoms with E-state index in [2.05, 4.69) is 13.8 Å². The second kappa shape index (κ2) is 7.77. The number of halogens is 1. The highest BCUT2D eigenvalue weighted by molar-refractivity contribution is 5.94. The second-order valence-corrected chi connectivity index (χ2v) is 4.66. The van der Waals surface area contributed by atoms with E-state index in [-0.39, 0.29) is 17.2 Å². The molecule has 0 atom stereocenters. The van der Waals surface area contributed by atoms with Crippen molar-refractivity contribution in [2.24, 2.45) is 0 Å². The maximum Gasteiger partial charge on any atom is 0.256 e. The monoisotopic (exact) mass is 267 g/mol. The molecule has 1 aromatic rings. The van der Waals surface area contributed by atoms with Crippen molar-refractivity contribution in [3.63, 3.8) is 0 Å². The Kier molecular flexibility index (Phi) is 6.33. The molecular formula is C15H22FNO2. The molecule has 0 saturated heterocycles. The summed E-state index contributed by atoms with van der Waals surface area (Å²) in [4.78, 5) is 14.0. The predicted molar refractivity (Wildman–Crippen MR) is 73.8 cm³/mol. The number of amides is 1. The predicted octanol–water partition coefficient (Wildman–Crippen LogP) is 3.57. The van der Waals surface area contributed by atoms with E-state index in [4.69, 9.17) is 0 Å². The average Bonchev–Trinajstić information content (AvgIpc) is 2.38. The van der Waals surface area contributed by atoms with E-state index in [9.17, 15) is 14.3 Å². The van der Waals surface area contributed by atoms with Crippen molar-refractivity contribution in [1.82, 2.24) is 4.90 Å². The molecule has 4 heteroatoms. The number of carbonyl (C=O) groups excluding carboxylic acids is 1. The molecule has 1 N–H and O–H groups in total. The third-order valence-corrected chi connectivity index (χ3v) is 3.03. The number of carbonyl (C=O) groups is 1. The minimum Gasteiger partial charge on any atom is -0.508 e. The second-order valence-electron chi connectivity index (χ2n) is 4.66. The maximum atomic E-state index is 13.7. The highest BCUT2D eigenvalue weighted by Gasteiger charge is 2.18. The summed E-state index contributed by atoms with van der Waals surface area (Å²) in [6, 6.07) is 3.66. The number of hydrogen-bond donors (Lipinski definition) is 1. The van der Waals surface area contributed by atoms with E-state index in [0.29, 0.717) is 13.1 Å². The summed E-state index contributed by atoms with van der Waals surface area (Å²) in [7, 11) is 0. The lowest BCUT2D eigenvalue weighted by Gasteiger charge is -2.22. The lowest BCUT2D eigenvalue weighted by molar-refractivity contribution is 0.0746. The molecular weight excluding hydrogens is 245 g/mol. The van der Waals surface area contributed by atoms with Crippen molar-refractivity contribution in [3.8, 4) is 5.75 Å². The van der Waals surface area contributed by atoms with Gasteiger partial charge in [-0.3, -0.25) is 4.79 Å². The zero-order valence-corrected chi connectivity index (χ0v) is 11.7. The average molecular weight is 267 g/mol. The molecule has 0 fully saturated rings. The molecule has 0 bridgehead atoms. The standard InChI is InChI=1S/C15H22FNO2/c1-3-5-9-17(10-6-4-2)15(19)13-8-7-12(18)11-14(13)16/h7-8,11,18H,3-6,9-10H2,1-2H3. The van der Waals surface area contributed by atoms with Crippen LogP contribution >= 0.6 is 0 Å². The van der Waals surface area contributed by atoms with Gasteiger partial charge in [0.05, 0.1) is 5.56 Å². The Morgan fingerprint density at radius 1 is 1.21 bits per heavy atom. The van der Waals surface area contributed by atoms with Crippen LogP contribution in [0.3, 0.4) is 0 Å². The topological polar surface area (TPSA) is 40.5 Å². The Balaban J connectivity index is 2.84. The number of aromatic hydroxyl groups is 1. The van der Waals surface area contributed by atoms with Crippen LogP contribution in [-0.2, 0) is 0 Å². The molecule has 106 valence electrons. The van der Waals surface area contributed by atoms with E-state index in [0.717, 1.165) is 31.7 Å². The molecule has 0 spiro atoms. The number of phenolic OH excluding ortho intramolecular Hbond substituents is 1. The lowest BCUT2D eigenvalue weighted by atomic mass is 10.1. The normalized spacial score (nSPS) is 10.5. The van der Waals surface area contributed by atoms with Crippen LogP contribution in [-0.4, -0.2) is 29.0 Å². The van der Waals surface area contributed by atoms with Crippen molar-refractivity contribution in [2.45, 2.75) is 39.5 Å². The van der Waals surface area contributed by atoms with Crippen LogP contribution in [0, 0.1) is 5.82 Å². The molecule has 3 nitrogen and oxygen atoms in total. The van der Waals surface area contributed by atoms with Gasteiger partial charge in [0.2, 0.25) is 0 Å². The summed E-state index contributed by atoms with van der Waals surface area (Å²) >= 11 is 0. The molecule has 0 aliphatic rings. The zero-order valence-electron chi connectivity index (χ0n) is 11.7. The van der Waals surface area contributed by atoms with Crippen LogP contribution in [0.2, 0.25) is 0 Å². The van der Waals surface area contributed by atoms with E-state index in [1.54, 1.807) is 4.90 Å². The van der Waals surface area contributed by atoms with E-state index in [1.807, 2.05) is 0 Å². The van der Waals surface area contributed by atoms with Crippen molar-refractivity contribution < 1.29 is 14.3 Å². The summed E-state index contributed by atoms with van der Waals surface area (Å²) in [5.74, 6) is -1.12. The highest BCUT2D eigenvalue weighted by Crippen LogP contribution is 2.17. The van der Waals surface area contributed by atoms with Crippen LogP contribution in [0.15, 0.2) is 18.2 Å². The molecule has 1 rings (SSSR count). The first-order valence-corrected chi connectivity index (χ1v) is 6.88. The van der Waals surface area contributed by atoms with E-state index >= 15 is 0 Å². The zero-order chi connectivity index (χ0) is 14.3. The molecule has 19 heavy (non-hydrogen) atoms. The minimum atomic E-state index is -0.664. The molecule has 1 amide bonds. The van der Waals surface area contributed by atoms with E-state index < -0.39 is 5.82 Å². The third-order valence-electron chi connectivity index (χ3n) is 3.03. The summed E-state index contributed by atoms with van der Waals surface area (Å²) in [5.41, 5.74) is 0.0324. The number of unbranched alkanes of at least 4 members (excludes halogenated alkanes) is 2. The van der Waals surface area contributed by atoms with Gasteiger partial charge in [0, 0.05) is 19.2 Å². The number of nitrogens with zero attached hydrogens (tertiary/aromatic N) is 1. The Morgan fingerprint density at radius 3 is 2.26 bits per heavy atom. The fraction of sp³-hybridized carbons (Fsp3) is 0.533. The van der Waals surface area contributed by atoms with Crippen LogP contribution in [0.5, 0.6) is 5.75 Å². The van der Waals surface area contributed by atoms with Gasteiger partial charge in [0.25, 0.3) is 5.91 Å².